The van der Waals surface area contributed by atoms with Crippen molar-refractivity contribution in [2.24, 2.45) is 0 Å². The highest BCUT2D eigenvalue weighted by molar-refractivity contribution is 5.90. The van der Waals surface area contributed by atoms with Crippen LogP contribution >= 0.6 is 0 Å². The Balaban J connectivity index is 2.06. The number of methoxy groups -OCH3 is 1. The van der Waals surface area contributed by atoms with Gasteiger partial charge in [-0.05, 0) is 30.7 Å². The lowest BCUT2D eigenvalue weighted by molar-refractivity contribution is 0.0600. The van der Waals surface area contributed by atoms with Crippen LogP contribution in [0.25, 0.3) is 6.20 Å². The molecule has 0 aliphatic heterocycles. The number of esters is 1. The second-order valence-corrected chi connectivity index (χ2v) is 4.39. The first-order valence-electron chi connectivity index (χ1n) is 6.22. The standard InChI is InChI=1S/C15H17N3O2/c1-4-18-10-12(9-17-18)8-16-14-6-5-13(7-11(14)2)15(19)20-3/h4-7,9-10,16H,1,8H2,2-3H3. The highest BCUT2D eigenvalue weighted by atomic mass is 16.5. The maximum Gasteiger partial charge on any atom is 0.337 e. The molecule has 20 heavy (non-hydrogen) atoms. The second kappa shape index (κ2) is 6.06. The van der Waals surface area contributed by atoms with Gasteiger partial charge in [-0.15, -0.1) is 0 Å². The highest BCUT2D eigenvalue weighted by Crippen LogP contribution is 2.18. The van der Waals surface area contributed by atoms with Crippen molar-refractivity contribution in [1.82, 2.24) is 9.78 Å². The number of nitrogens with zero attached hydrogens (tertiary/aromatic N) is 2. The molecule has 0 amide bonds. The largest absolute Gasteiger partial charge is 0.465 e. The van der Waals surface area contributed by atoms with Crippen molar-refractivity contribution in [3.05, 3.63) is 53.9 Å². The number of hydrogen-bond donors (Lipinski definition) is 1. The van der Waals surface area contributed by atoms with Crippen LogP contribution in [0.4, 0.5) is 5.69 Å². The Labute approximate surface area is 117 Å². The average molecular weight is 271 g/mol. The molecule has 104 valence electrons. The van der Waals surface area contributed by atoms with Gasteiger partial charge in [0.15, 0.2) is 0 Å². The fourth-order valence-electron chi connectivity index (χ4n) is 1.87. The van der Waals surface area contributed by atoms with Crippen LogP contribution in [0.1, 0.15) is 21.5 Å². The van der Waals surface area contributed by atoms with E-state index < -0.39 is 0 Å². The zero-order valence-electron chi connectivity index (χ0n) is 11.6. The average Bonchev–Trinajstić information content (AvgIpc) is 2.93. The SMILES string of the molecule is C=Cn1cc(CNc2ccc(C(=O)OC)cc2C)cn1. The molecule has 0 aliphatic carbocycles. The molecule has 1 heterocycles. The normalized spacial score (nSPS) is 10.1. The predicted octanol–water partition coefficient (Wildman–Crippen LogP) is 2.69. The minimum atomic E-state index is -0.327. The third-order valence-corrected chi connectivity index (χ3v) is 2.97. The van der Waals surface area contributed by atoms with Crippen molar-refractivity contribution in [2.45, 2.75) is 13.5 Å². The molecule has 1 aromatic carbocycles. The van der Waals surface area contributed by atoms with Crippen LogP contribution in [0.2, 0.25) is 0 Å². The van der Waals surface area contributed by atoms with Gasteiger partial charge < -0.3 is 10.1 Å². The highest BCUT2D eigenvalue weighted by Gasteiger charge is 2.07. The Kier molecular flexibility index (Phi) is 4.20. The molecule has 2 aromatic rings. The van der Waals surface area contributed by atoms with E-state index in [-0.39, 0.29) is 5.97 Å². The molecule has 0 atom stereocenters. The van der Waals surface area contributed by atoms with E-state index in [9.17, 15) is 4.79 Å². The van der Waals surface area contributed by atoms with E-state index in [1.165, 1.54) is 7.11 Å². The number of benzene rings is 1. The van der Waals surface area contributed by atoms with Gasteiger partial charge >= 0.3 is 5.97 Å². The predicted molar refractivity (Wildman–Crippen MR) is 78.5 cm³/mol. The molecule has 0 radical (unpaired) electrons. The van der Waals surface area contributed by atoms with E-state index in [0.29, 0.717) is 12.1 Å². The molecule has 0 saturated heterocycles. The number of rotatable bonds is 5. The summed E-state index contributed by atoms with van der Waals surface area (Å²) in [5, 5.41) is 7.43. The summed E-state index contributed by atoms with van der Waals surface area (Å²) in [5.74, 6) is -0.327. The van der Waals surface area contributed by atoms with Gasteiger partial charge in [0.05, 0.1) is 18.9 Å². The fourth-order valence-corrected chi connectivity index (χ4v) is 1.87. The summed E-state index contributed by atoms with van der Waals surface area (Å²) in [6.45, 7) is 6.25. The van der Waals surface area contributed by atoms with E-state index >= 15 is 0 Å². The quantitative estimate of drug-likeness (QED) is 0.849. The first-order chi connectivity index (χ1) is 9.63. The Hall–Kier alpha value is -2.56. The summed E-state index contributed by atoms with van der Waals surface area (Å²) in [6, 6.07) is 5.43. The molecule has 2 rings (SSSR count). The number of aromatic nitrogens is 2. The van der Waals surface area contributed by atoms with Gasteiger partial charge in [0.2, 0.25) is 0 Å². The van der Waals surface area contributed by atoms with Crippen LogP contribution in [0, 0.1) is 6.92 Å². The van der Waals surface area contributed by atoms with Crippen molar-refractivity contribution < 1.29 is 9.53 Å². The Morgan fingerprint density at radius 2 is 2.35 bits per heavy atom. The second-order valence-electron chi connectivity index (χ2n) is 4.39. The molecule has 0 bridgehead atoms. The van der Waals surface area contributed by atoms with Crippen LogP contribution in [0.3, 0.4) is 0 Å². The Morgan fingerprint density at radius 3 is 2.95 bits per heavy atom. The van der Waals surface area contributed by atoms with E-state index in [1.807, 2.05) is 19.2 Å². The van der Waals surface area contributed by atoms with Gasteiger partial charge in [-0.25, -0.2) is 9.48 Å². The molecule has 0 unspecified atom stereocenters. The smallest absolute Gasteiger partial charge is 0.337 e. The Morgan fingerprint density at radius 1 is 1.55 bits per heavy atom. The maximum absolute atomic E-state index is 11.4. The molecule has 0 fully saturated rings. The van der Waals surface area contributed by atoms with Gasteiger partial charge in [0.25, 0.3) is 0 Å². The lowest BCUT2D eigenvalue weighted by Crippen LogP contribution is -2.04. The molecule has 0 spiro atoms. The van der Waals surface area contributed by atoms with Gasteiger partial charge in [0.1, 0.15) is 0 Å². The van der Waals surface area contributed by atoms with E-state index in [0.717, 1.165) is 16.8 Å². The summed E-state index contributed by atoms with van der Waals surface area (Å²) in [6.07, 6.45) is 5.32. The molecule has 1 aromatic heterocycles. The Bertz CT molecular complexity index is 632. The van der Waals surface area contributed by atoms with Gasteiger partial charge in [-0.2, -0.15) is 5.10 Å². The van der Waals surface area contributed by atoms with Crippen molar-refractivity contribution in [3.8, 4) is 0 Å². The summed E-state index contributed by atoms with van der Waals surface area (Å²) in [5.41, 5.74) is 3.57. The van der Waals surface area contributed by atoms with Gasteiger partial charge in [-0.3, -0.25) is 0 Å². The number of carbonyl (C=O) groups excluding carboxylic acids is 1. The topological polar surface area (TPSA) is 56.2 Å². The van der Waals surface area contributed by atoms with E-state index in [1.54, 1.807) is 29.2 Å². The summed E-state index contributed by atoms with van der Waals surface area (Å²) >= 11 is 0. The lowest BCUT2D eigenvalue weighted by Gasteiger charge is -2.09. The number of anilines is 1. The molecule has 5 heteroatoms. The van der Waals surface area contributed by atoms with E-state index in [4.69, 9.17) is 4.74 Å². The lowest BCUT2D eigenvalue weighted by atomic mass is 10.1. The molecular weight excluding hydrogens is 254 g/mol. The first kappa shape index (κ1) is 13.9. The number of hydrogen-bond acceptors (Lipinski definition) is 4. The minimum absolute atomic E-state index is 0.327. The van der Waals surface area contributed by atoms with Crippen LogP contribution in [-0.4, -0.2) is 22.9 Å². The van der Waals surface area contributed by atoms with Crippen molar-refractivity contribution in [1.29, 1.82) is 0 Å². The number of carbonyl (C=O) groups is 1. The van der Waals surface area contributed by atoms with Crippen LogP contribution in [0.15, 0.2) is 37.2 Å². The molecular formula is C15H17N3O2. The molecule has 0 aliphatic rings. The zero-order valence-corrected chi connectivity index (χ0v) is 11.6. The summed E-state index contributed by atoms with van der Waals surface area (Å²) in [7, 11) is 1.38. The first-order valence-corrected chi connectivity index (χ1v) is 6.22. The number of ether oxygens (including phenoxy) is 1. The fraction of sp³-hybridized carbons (Fsp3) is 0.200. The van der Waals surface area contributed by atoms with Gasteiger partial charge in [-0.1, -0.05) is 6.58 Å². The number of aryl methyl sites for hydroxylation is 1. The van der Waals surface area contributed by atoms with Crippen LogP contribution < -0.4 is 5.32 Å². The molecule has 1 N–H and O–H groups in total. The summed E-state index contributed by atoms with van der Waals surface area (Å²) < 4.78 is 6.35. The van der Waals surface area contributed by atoms with Crippen molar-refractivity contribution in [2.75, 3.05) is 12.4 Å². The monoisotopic (exact) mass is 271 g/mol. The number of nitrogens with one attached hydrogen (secondary N) is 1. The van der Waals surface area contributed by atoms with Crippen LogP contribution in [-0.2, 0) is 11.3 Å². The zero-order chi connectivity index (χ0) is 14.5. The third-order valence-electron chi connectivity index (χ3n) is 2.97. The van der Waals surface area contributed by atoms with E-state index in [2.05, 4.69) is 17.0 Å². The van der Waals surface area contributed by atoms with Crippen molar-refractivity contribution in [3.63, 3.8) is 0 Å². The summed E-state index contributed by atoms with van der Waals surface area (Å²) in [4.78, 5) is 11.4. The van der Waals surface area contributed by atoms with Gasteiger partial charge in [0, 0.05) is 30.2 Å². The minimum Gasteiger partial charge on any atom is -0.465 e. The van der Waals surface area contributed by atoms with Crippen molar-refractivity contribution >= 4 is 17.9 Å². The molecule has 5 nitrogen and oxygen atoms in total. The third kappa shape index (κ3) is 3.06. The maximum atomic E-state index is 11.4. The van der Waals surface area contributed by atoms with Crippen LogP contribution in [0.5, 0.6) is 0 Å². The molecule has 0 saturated carbocycles.